The molecule has 2 heteroatoms. The van der Waals surface area contributed by atoms with Gasteiger partial charge in [0.05, 0.1) is 0 Å². The molecular weight excluding hydrogens is 272 g/mol. The number of fused-ring (bicyclic) bond motifs is 2. The lowest BCUT2D eigenvalue weighted by Gasteiger charge is -2.17. The van der Waals surface area contributed by atoms with Crippen molar-refractivity contribution in [2.24, 2.45) is 11.8 Å². The van der Waals surface area contributed by atoms with Gasteiger partial charge in [-0.1, -0.05) is 63.3 Å². The molecule has 2 rings (SSSR count). The van der Waals surface area contributed by atoms with Crippen LogP contribution in [0.5, 0.6) is 0 Å². The highest BCUT2D eigenvalue weighted by Gasteiger charge is 2.29. The average molecular weight is 299 g/mol. The molecule has 20 heavy (non-hydrogen) atoms. The van der Waals surface area contributed by atoms with Gasteiger partial charge in [-0.25, -0.2) is 0 Å². The van der Waals surface area contributed by atoms with Crippen LogP contribution >= 0.6 is 0 Å². The van der Waals surface area contributed by atoms with Crippen LogP contribution < -0.4 is 0 Å². The fourth-order valence-corrected chi connectivity index (χ4v) is 3.60. The highest BCUT2D eigenvalue weighted by atomic mass is 28.3. The van der Waals surface area contributed by atoms with Crippen molar-refractivity contribution in [1.82, 2.24) is 0 Å². The summed E-state index contributed by atoms with van der Waals surface area (Å²) in [6.45, 7) is 13.8. The van der Waals surface area contributed by atoms with Crippen molar-refractivity contribution < 1.29 is 0 Å². The van der Waals surface area contributed by atoms with Crippen LogP contribution in [0.15, 0.2) is 23.3 Å². The number of rotatable bonds is 0. The second-order valence-electron chi connectivity index (χ2n) is 8.12. The first-order valence-electron chi connectivity index (χ1n) is 7.61. The predicted octanol–water partition coefficient (Wildman–Crippen LogP) is 4.64. The minimum atomic E-state index is -1.27. The fourth-order valence-electron chi connectivity index (χ4n) is 2.55. The van der Waals surface area contributed by atoms with Crippen LogP contribution in [-0.4, -0.2) is 16.1 Å². The monoisotopic (exact) mass is 298 g/mol. The molecule has 0 N–H and O–H groups in total. The van der Waals surface area contributed by atoms with Crippen LogP contribution in [0.1, 0.15) is 12.8 Å². The summed E-state index contributed by atoms with van der Waals surface area (Å²) >= 11 is 0. The number of allylic oxidation sites excluding steroid dienone is 4. The molecule has 0 aromatic heterocycles. The summed E-state index contributed by atoms with van der Waals surface area (Å²) in [5, 5.41) is 0. The van der Waals surface area contributed by atoms with Crippen molar-refractivity contribution in [3.63, 3.8) is 0 Å². The van der Waals surface area contributed by atoms with Gasteiger partial charge in [-0.2, -0.15) is 0 Å². The molecule has 0 radical (unpaired) electrons. The maximum Gasteiger partial charge on any atom is 0.129 e. The molecule has 0 fully saturated rings. The van der Waals surface area contributed by atoms with E-state index in [0.717, 1.165) is 6.42 Å². The van der Waals surface area contributed by atoms with Crippen LogP contribution in [0.2, 0.25) is 39.3 Å². The van der Waals surface area contributed by atoms with E-state index in [1.165, 1.54) is 17.6 Å². The van der Waals surface area contributed by atoms with E-state index in [2.05, 4.69) is 74.4 Å². The van der Waals surface area contributed by atoms with Crippen LogP contribution in [0.3, 0.4) is 0 Å². The first kappa shape index (κ1) is 15.4. The maximum absolute atomic E-state index is 3.51. The van der Waals surface area contributed by atoms with Gasteiger partial charge in [0.1, 0.15) is 16.1 Å². The lowest BCUT2D eigenvalue weighted by molar-refractivity contribution is 0.547. The van der Waals surface area contributed by atoms with Crippen molar-refractivity contribution in [3.8, 4) is 22.9 Å². The normalized spacial score (nSPS) is 24.9. The zero-order valence-electron chi connectivity index (χ0n) is 13.7. The largest absolute Gasteiger partial charge is 0.129 e. The van der Waals surface area contributed by atoms with Crippen LogP contribution in [-0.2, 0) is 0 Å². The minimum Gasteiger partial charge on any atom is -0.127 e. The van der Waals surface area contributed by atoms with Crippen molar-refractivity contribution in [2.75, 3.05) is 0 Å². The molecule has 2 aliphatic rings. The Labute approximate surface area is 126 Å². The third-order valence-electron chi connectivity index (χ3n) is 3.44. The van der Waals surface area contributed by atoms with Crippen molar-refractivity contribution in [3.05, 3.63) is 23.3 Å². The van der Waals surface area contributed by atoms with Gasteiger partial charge in [-0.3, -0.25) is 0 Å². The van der Waals surface area contributed by atoms with E-state index in [1.54, 1.807) is 0 Å². The van der Waals surface area contributed by atoms with Gasteiger partial charge in [-0.15, -0.1) is 11.1 Å². The Bertz CT molecular complexity index is 571. The van der Waals surface area contributed by atoms with E-state index in [4.69, 9.17) is 0 Å². The quantitative estimate of drug-likeness (QED) is 0.451. The molecule has 0 spiro atoms. The van der Waals surface area contributed by atoms with Crippen LogP contribution in [0.4, 0.5) is 0 Å². The summed E-state index contributed by atoms with van der Waals surface area (Å²) < 4.78 is 0. The molecule has 0 aromatic carbocycles. The Morgan fingerprint density at radius 3 is 2.10 bits per heavy atom. The van der Waals surface area contributed by atoms with E-state index in [9.17, 15) is 0 Å². The molecule has 0 aromatic rings. The van der Waals surface area contributed by atoms with E-state index >= 15 is 0 Å². The third-order valence-corrected chi connectivity index (χ3v) is 5.19. The third kappa shape index (κ3) is 4.55. The SMILES string of the molecule is C[Si](C)(C)C#CC1=C[C@H]2C[C@H](C=C2C#C[Si](C)(C)C)C1. The zero-order chi connectivity index (χ0) is 15.0. The smallest absolute Gasteiger partial charge is 0.127 e. The first-order valence-corrected chi connectivity index (χ1v) is 14.6. The Hall–Kier alpha value is -0.966. The van der Waals surface area contributed by atoms with Crippen LogP contribution in [0, 0.1) is 34.8 Å². The van der Waals surface area contributed by atoms with Crippen molar-refractivity contribution in [1.29, 1.82) is 0 Å². The summed E-state index contributed by atoms with van der Waals surface area (Å²) in [5.41, 5.74) is 9.73. The second kappa shape index (κ2) is 5.43. The van der Waals surface area contributed by atoms with Crippen LogP contribution in [0.25, 0.3) is 0 Å². The highest BCUT2D eigenvalue weighted by Crippen LogP contribution is 2.39. The van der Waals surface area contributed by atoms with Gasteiger partial charge in [-0.05, 0) is 24.3 Å². The molecule has 2 bridgehead atoms. The van der Waals surface area contributed by atoms with E-state index in [1.807, 2.05) is 0 Å². The second-order valence-corrected chi connectivity index (χ2v) is 17.6. The number of hydrogen-bond donors (Lipinski definition) is 0. The Morgan fingerprint density at radius 2 is 1.50 bits per heavy atom. The molecule has 2 aliphatic carbocycles. The standard InChI is InChI=1S/C18H26Si2/c1-19(2,3)9-7-15-11-16-13-17(18(12-15)14-16)8-10-20(4,5)6/h12-13,16,18H,11,14H2,1-6H3/t16-,18-/m0/s1. The van der Waals surface area contributed by atoms with Crippen molar-refractivity contribution >= 4 is 16.1 Å². The molecular formula is C18H26Si2. The van der Waals surface area contributed by atoms with Gasteiger partial charge in [0.2, 0.25) is 0 Å². The summed E-state index contributed by atoms with van der Waals surface area (Å²) in [7, 11) is -2.53. The summed E-state index contributed by atoms with van der Waals surface area (Å²) in [4.78, 5) is 0. The molecule has 0 heterocycles. The molecule has 0 saturated heterocycles. The van der Waals surface area contributed by atoms with E-state index in [-0.39, 0.29) is 0 Å². The Morgan fingerprint density at radius 1 is 0.900 bits per heavy atom. The van der Waals surface area contributed by atoms with E-state index in [0.29, 0.717) is 11.8 Å². The van der Waals surface area contributed by atoms with Gasteiger partial charge in [0.15, 0.2) is 0 Å². The van der Waals surface area contributed by atoms with Gasteiger partial charge >= 0.3 is 0 Å². The predicted molar refractivity (Wildman–Crippen MR) is 94.6 cm³/mol. The lowest BCUT2D eigenvalue weighted by Crippen LogP contribution is -2.17. The highest BCUT2D eigenvalue weighted by molar-refractivity contribution is 6.84. The molecule has 0 aliphatic heterocycles. The molecule has 2 atom stereocenters. The average Bonchev–Trinajstić information content (AvgIpc) is 2.57. The van der Waals surface area contributed by atoms with Gasteiger partial charge < -0.3 is 0 Å². The summed E-state index contributed by atoms with van der Waals surface area (Å²) in [5.74, 6) is 8.16. The summed E-state index contributed by atoms with van der Waals surface area (Å²) in [6.07, 6.45) is 7.19. The van der Waals surface area contributed by atoms with Gasteiger partial charge in [0, 0.05) is 11.5 Å². The Kier molecular flexibility index (Phi) is 4.19. The lowest BCUT2D eigenvalue weighted by atomic mass is 9.87. The molecule has 0 nitrogen and oxygen atoms in total. The topological polar surface area (TPSA) is 0 Å². The minimum absolute atomic E-state index is 0.545. The fraction of sp³-hybridized carbons (Fsp3) is 0.556. The molecule has 106 valence electrons. The molecule has 0 unspecified atom stereocenters. The van der Waals surface area contributed by atoms with Gasteiger partial charge in [0.25, 0.3) is 0 Å². The first-order chi connectivity index (χ1) is 9.12. The Balaban J connectivity index is 2.16. The zero-order valence-corrected chi connectivity index (χ0v) is 15.7. The molecule has 0 amide bonds. The number of hydrogen-bond acceptors (Lipinski definition) is 0. The van der Waals surface area contributed by atoms with Crippen molar-refractivity contribution in [2.45, 2.75) is 52.1 Å². The molecule has 0 saturated carbocycles. The summed E-state index contributed by atoms with van der Waals surface area (Å²) in [6, 6.07) is 0. The maximum atomic E-state index is 3.51. The van der Waals surface area contributed by atoms with E-state index < -0.39 is 16.1 Å².